The van der Waals surface area contributed by atoms with E-state index in [1.165, 1.54) is 5.56 Å². The molecule has 1 aliphatic rings. The molecule has 2 aromatic carbocycles. The predicted octanol–water partition coefficient (Wildman–Crippen LogP) is 4.52. The van der Waals surface area contributed by atoms with Gasteiger partial charge in [-0.2, -0.15) is 0 Å². The number of hydrogen-bond acceptors (Lipinski definition) is 4. The zero-order valence-corrected chi connectivity index (χ0v) is 19.9. The number of hydrogen-bond donors (Lipinski definition) is 0. The molecule has 0 atom stereocenters. The van der Waals surface area contributed by atoms with Crippen molar-refractivity contribution in [1.82, 2.24) is 19.7 Å². The predicted molar refractivity (Wildman–Crippen MR) is 129 cm³/mol. The summed E-state index contributed by atoms with van der Waals surface area (Å²) in [5, 5.41) is 9.74. The first kappa shape index (κ1) is 22.3. The zero-order valence-electron chi connectivity index (χ0n) is 19.2. The number of halogens is 1. The van der Waals surface area contributed by atoms with Crippen LogP contribution >= 0.6 is 11.6 Å². The number of carbonyl (C=O) groups excluding carboxylic acids is 1. The molecule has 1 amide bonds. The van der Waals surface area contributed by atoms with Gasteiger partial charge in [0, 0.05) is 51.9 Å². The quantitative estimate of drug-likeness (QED) is 0.505. The smallest absolute Gasteiger partial charge is 0.219 e. The molecule has 0 bridgehead atoms. The van der Waals surface area contributed by atoms with Gasteiger partial charge in [0.2, 0.25) is 5.91 Å². The normalized spacial score (nSPS) is 14.3. The fourth-order valence-electron chi connectivity index (χ4n) is 4.36. The third kappa shape index (κ3) is 4.11. The molecule has 0 aliphatic heterocycles. The average molecular weight is 452 g/mol. The van der Waals surface area contributed by atoms with Gasteiger partial charge in [0.15, 0.2) is 5.82 Å². The Morgan fingerprint density at radius 2 is 1.84 bits per heavy atom. The van der Waals surface area contributed by atoms with Crippen molar-refractivity contribution in [1.29, 1.82) is 0 Å². The van der Waals surface area contributed by atoms with Gasteiger partial charge in [-0.05, 0) is 43.5 Å². The molecular formula is C25H30ClN5O. The lowest BCUT2D eigenvalue weighted by Gasteiger charge is -2.25. The number of anilines is 1. The van der Waals surface area contributed by atoms with E-state index in [9.17, 15) is 4.79 Å². The molecule has 1 heterocycles. The van der Waals surface area contributed by atoms with Crippen molar-refractivity contribution in [3.05, 3.63) is 64.9 Å². The molecule has 1 saturated carbocycles. The molecule has 1 aromatic heterocycles. The summed E-state index contributed by atoms with van der Waals surface area (Å²) >= 11 is 6.70. The number of amides is 1. The Bertz CT molecular complexity index is 1110. The highest BCUT2D eigenvalue weighted by Crippen LogP contribution is 2.53. The second-order valence-electron chi connectivity index (χ2n) is 8.54. The first-order valence-corrected chi connectivity index (χ1v) is 11.5. The van der Waals surface area contributed by atoms with Crippen molar-refractivity contribution < 1.29 is 4.79 Å². The highest BCUT2D eigenvalue weighted by Gasteiger charge is 2.49. The van der Waals surface area contributed by atoms with Crippen molar-refractivity contribution in [3.8, 4) is 11.4 Å². The molecule has 0 unspecified atom stereocenters. The molecule has 1 aliphatic carbocycles. The number of nitrogens with zero attached hydrogens (tertiary/aromatic N) is 5. The average Bonchev–Trinajstić information content (AvgIpc) is 3.51. The first-order valence-electron chi connectivity index (χ1n) is 11.1. The van der Waals surface area contributed by atoms with E-state index in [2.05, 4.69) is 43.9 Å². The van der Waals surface area contributed by atoms with Crippen molar-refractivity contribution in [2.24, 2.45) is 7.05 Å². The molecule has 0 radical (unpaired) electrons. The van der Waals surface area contributed by atoms with Crippen molar-refractivity contribution >= 4 is 23.2 Å². The summed E-state index contributed by atoms with van der Waals surface area (Å²) in [6, 6.07) is 16.6. The molecule has 32 heavy (non-hydrogen) atoms. The van der Waals surface area contributed by atoms with Crippen LogP contribution in [-0.2, 0) is 17.3 Å². The van der Waals surface area contributed by atoms with Gasteiger partial charge in [-0.1, -0.05) is 41.9 Å². The Hall–Kier alpha value is -2.86. The molecule has 168 valence electrons. The van der Waals surface area contributed by atoms with Crippen molar-refractivity contribution in [3.63, 3.8) is 0 Å². The van der Waals surface area contributed by atoms with E-state index in [1.54, 1.807) is 6.92 Å². The van der Waals surface area contributed by atoms with Gasteiger partial charge < -0.3 is 14.4 Å². The second-order valence-corrected chi connectivity index (χ2v) is 8.95. The van der Waals surface area contributed by atoms with E-state index < -0.39 is 0 Å². The SMILES string of the molecule is CCN(CCN(C)c1ccc(-c2nnc(C3(c4ccccc4)CC3)n2C)c(Cl)c1)C(C)=O. The lowest BCUT2D eigenvalue weighted by molar-refractivity contribution is -0.128. The second kappa shape index (κ2) is 8.94. The molecule has 0 N–H and O–H groups in total. The van der Waals surface area contributed by atoms with Gasteiger partial charge in [-0.25, -0.2) is 0 Å². The van der Waals surface area contributed by atoms with E-state index in [0.717, 1.165) is 42.3 Å². The van der Waals surface area contributed by atoms with Crippen LogP contribution in [0.3, 0.4) is 0 Å². The summed E-state index contributed by atoms with van der Waals surface area (Å²) in [4.78, 5) is 15.6. The third-order valence-electron chi connectivity index (χ3n) is 6.55. The fourth-order valence-corrected chi connectivity index (χ4v) is 4.62. The largest absolute Gasteiger partial charge is 0.373 e. The molecule has 1 fully saturated rings. The highest BCUT2D eigenvalue weighted by molar-refractivity contribution is 6.33. The van der Waals surface area contributed by atoms with Crippen molar-refractivity contribution in [2.45, 2.75) is 32.1 Å². The Kier molecular flexibility index (Phi) is 6.24. The molecule has 3 aromatic rings. The minimum Gasteiger partial charge on any atom is -0.373 e. The topological polar surface area (TPSA) is 54.3 Å². The first-order chi connectivity index (χ1) is 15.4. The molecule has 4 rings (SSSR count). The summed E-state index contributed by atoms with van der Waals surface area (Å²) in [7, 11) is 4.03. The Balaban J connectivity index is 1.55. The van der Waals surface area contributed by atoms with Crippen molar-refractivity contribution in [2.75, 3.05) is 31.6 Å². The number of carbonyl (C=O) groups is 1. The van der Waals surface area contributed by atoms with E-state index in [-0.39, 0.29) is 11.3 Å². The zero-order chi connectivity index (χ0) is 22.9. The molecular weight excluding hydrogens is 422 g/mol. The summed E-state index contributed by atoms with van der Waals surface area (Å²) in [6.45, 7) is 5.72. The highest BCUT2D eigenvalue weighted by atomic mass is 35.5. The van der Waals surface area contributed by atoms with Gasteiger partial charge in [-0.3, -0.25) is 4.79 Å². The van der Waals surface area contributed by atoms with Crippen LogP contribution < -0.4 is 4.90 Å². The number of rotatable bonds is 8. The van der Waals surface area contributed by atoms with Crippen LogP contribution in [0.2, 0.25) is 5.02 Å². The van der Waals surface area contributed by atoms with Gasteiger partial charge in [0.25, 0.3) is 0 Å². The third-order valence-corrected chi connectivity index (χ3v) is 6.86. The van der Waals surface area contributed by atoms with Gasteiger partial charge in [0.05, 0.1) is 10.4 Å². The van der Waals surface area contributed by atoms with Crippen LogP contribution in [0.1, 0.15) is 38.1 Å². The minimum absolute atomic E-state index is 0.0459. The lowest BCUT2D eigenvalue weighted by atomic mass is 9.95. The van der Waals surface area contributed by atoms with Crippen LogP contribution in [0.5, 0.6) is 0 Å². The summed E-state index contributed by atoms with van der Waals surface area (Å²) in [5.41, 5.74) is 3.11. The van der Waals surface area contributed by atoms with E-state index >= 15 is 0 Å². The molecule has 7 heteroatoms. The maximum Gasteiger partial charge on any atom is 0.219 e. The Morgan fingerprint density at radius 1 is 1.12 bits per heavy atom. The van der Waals surface area contributed by atoms with Gasteiger partial charge >= 0.3 is 0 Å². The van der Waals surface area contributed by atoms with Crippen LogP contribution in [0, 0.1) is 0 Å². The van der Waals surface area contributed by atoms with E-state index in [0.29, 0.717) is 18.1 Å². The van der Waals surface area contributed by atoms with Crippen LogP contribution in [0.25, 0.3) is 11.4 Å². The lowest BCUT2D eigenvalue weighted by Crippen LogP contribution is -2.36. The number of likely N-dealkylation sites (N-methyl/N-ethyl adjacent to an activating group) is 2. The van der Waals surface area contributed by atoms with E-state index in [4.69, 9.17) is 11.6 Å². The van der Waals surface area contributed by atoms with E-state index in [1.807, 2.05) is 50.2 Å². The number of benzene rings is 2. The minimum atomic E-state index is -0.0459. The maximum atomic E-state index is 11.7. The molecule has 0 spiro atoms. The van der Waals surface area contributed by atoms with Crippen LogP contribution in [0.4, 0.5) is 5.69 Å². The summed E-state index contributed by atoms with van der Waals surface area (Å²) in [6.07, 6.45) is 2.16. The summed E-state index contributed by atoms with van der Waals surface area (Å²) < 4.78 is 2.08. The van der Waals surface area contributed by atoms with Gasteiger partial charge in [-0.15, -0.1) is 10.2 Å². The number of aromatic nitrogens is 3. The van der Waals surface area contributed by atoms with Crippen LogP contribution in [0.15, 0.2) is 48.5 Å². The fraction of sp³-hybridized carbons (Fsp3) is 0.400. The molecule has 0 saturated heterocycles. The molecule has 6 nitrogen and oxygen atoms in total. The standard InChI is InChI=1S/C25H30ClN5O/c1-5-31(18(2)32)16-15-29(3)20-11-12-21(22(26)17-20)23-27-28-24(30(23)4)25(13-14-25)19-9-7-6-8-10-19/h6-12,17H,5,13-16H2,1-4H3. The Morgan fingerprint density at radius 3 is 2.44 bits per heavy atom. The Labute approximate surface area is 194 Å². The maximum absolute atomic E-state index is 11.7. The van der Waals surface area contributed by atoms with Crippen LogP contribution in [-0.4, -0.2) is 52.3 Å². The van der Waals surface area contributed by atoms with Gasteiger partial charge in [0.1, 0.15) is 5.82 Å². The monoisotopic (exact) mass is 451 g/mol. The summed E-state index contributed by atoms with van der Waals surface area (Å²) in [5.74, 6) is 1.85.